The van der Waals surface area contributed by atoms with Gasteiger partial charge >= 0.3 is 0 Å². The van der Waals surface area contributed by atoms with Crippen LogP contribution in [-0.4, -0.2) is 29.5 Å². The molecule has 1 aliphatic rings. The van der Waals surface area contributed by atoms with E-state index in [-0.39, 0.29) is 36.4 Å². The van der Waals surface area contributed by atoms with Crippen molar-refractivity contribution < 1.29 is 14.4 Å². The van der Waals surface area contributed by atoms with Crippen LogP contribution in [0, 0.1) is 0 Å². The summed E-state index contributed by atoms with van der Waals surface area (Å²) in [5.41, 5.74) is 7.47. The standard InChI is InChI=1S/C9H14N4O3/c1-5(4-7(10)14)11-9(16)6-2-3-8(15)13-12-6/h5H,2-4H2,1H3,(H2,10,14)(H,11,16)(H,13,15). The summed E-state index contributed by atoms with van der Waals surface area (Å²) < 4.78 is 0. The molecule has 0 saturated heterocycles. The van der Waals surface area contributed by atoms with Gasteiger partial charge < -0.3 is 11.1 Å². The Bertz CT molecular complexity index is 351. The van der Waals surface area contributed by atoms with Crippen molar-refractivity contribution in [3.8, 4) is 0 Å². The minimum Gasteiger partial charge on any atom is -0.370 e. The second-order valence-electron chi connectivity index (χ2n) is 3.64. The van der Waals surface area contributed by atoms with E-state index in [1.807, 2.05) is 0 Å². The molecular weight excluding hydrogens is 212 g/mol. The van der Waals surface area contributed by atoms with Gasteiger partial charge in [-0.3, -0.25) is 14.4 Å². The number of hydrogen-bond acceptors (Lipinski definition) is 4. The molecule has 7 nitrogen and oxygen atoms in total. The summed E-state index contributed by atoms with van der Waals surface area (Å²) in [5, 5.41) is 6.21. The summed E-state index contributed by atoms with van der Waals surface area (Å²) in [4.78, 5) is 32.9. The van der Waals surface area contributed by atoms with Gasteiger partial charge in [0, 0.05) is 25.3 Å². The fraction of sp³-hybridized carbons (Fsp3) is 0.556. The van der Waals surface area contributed by atoms with Crippen molar-refractivity contribution in [1.29, 1.82) is 0 Å². The van der Waals surface area contributed by atoms with E-state index in [1.165, 1.54) is 0 Å². The number of hydrogen-bond donors (Lipinski definition) is 3. The Hall–Kier alpha value is -1.92. The first-order valence-corrected chi connectivity index (χ1v) is 4.93. The molecule has 4 N–H and O–H groups in total. The summed E-state index contributed by atoms with van der Waals surface area (Å²) in [6.45, 7) is 1.67. The molecule has 16 heavy (non-hydrogen) atoms. The molecule has 0 aliphatic carbocycles. The molecule has 1 aliphatic heterocycles. The molecule has 3 amide bonds. The molecule has 0 radical (unpaired) electrons. The molecule has 1 atom stereocenters. The minimum absolute atomic E-state index is 0.0748. The van der Waals surface area contributed by atoms with Crippen molar-refractivity contribution in [2.45, 2.75) is 32.2 Å². The molecule has 0 aromatic rings. The molecule has 7 heteroatoms. The predicted octanol–water partition coefficient (Wildman–Crippen LogP) is -1.37. The zero-order chi connectivity index (χ0) is 12.1. The average molecular weight is 226 g/mol. The smallest absolute Gasteiger partial charge is 0.267 e. The van der Waals surface area contributed by atoms with Gasteiger partial charge in [-0.2, -0.15) is 5.10 Å². The predicted molar refractivity (Wildman–Crippen MR) is 56.2 cm³/mol. The van der Waals surface area contributed by atoms with Gasteiger partial charge in [0.1, 0.15) is 5.71 Å². The van der Waals surface area contributed by atoms with Crippen molar-refractivity contribution in [3.63, 3.8) is 0 Å². The first-order valence-electron chi connectivity index (χ1n) is 4.93. The van der Waals surface area contributed by atoms with Crippen molar-refractivity contribution in [1.82, 2.24) is 10.7 Å². The lowest BCUT2D eigenvalue weighted by molar-refractivity contribution is -0.121. The van der Waals surface area contributed by atoms with E-state index < -0.39 is 5.91 Å². The fourth-order valence-corrected chi connectivity index (χ4v) is 1.30. The van der Waals surface area contributed by atoms with Crippen LogP contribution >= 0.6 is 0 Å². The summed E-state index contributed by atoms with van der Waals surface area (Å²) in [7, 11) is 0. The fourth-order valence-electron chi connectivity index (χ4n) is 1.30. The molecule has 0 fully saturated rings. The Morgan fingerprint density at radius 2 is 2.25 bits per heavy atom. The second-order valence-corrected chi connectivity index (χ2v) is 3.64. The van der Waals surface area contributed by atoms with E-state index >= 15 is 0 Å². The van der Waals surface area contributed by atoms with Crippen LogP contribution in [0.5, 0.6) is 0 Å². The number of nitrogens with two attached hydrogens (primary N) is 1. The van der Waals surface area contributed by atoms with E-state index in [9.17, 15) is 14.4 Å². The van der Waals surface area contributed by atoms with E-state index in [2.05, 4.69) is 15.8 Å². The van der Waals surface area contributed by atoms with E-state index in [1.54, 1.807) is 6.92 Å². The van der Waals surface area contributed by atoms with Crippen LogP contribution < -0.4 is 16.5 Å². The van der Waals surface area contributed by atoms with Crippen molar-refractivity contribution >= 4 is 23.4 Å². The third-order valence-electron chi connectivity index (χ3n) is 2.05. The third-order valence-corrected chi connectivity index (χ3v) is 2.05. The van der Waals surface area contributed by atoms with Crippen LogP contribution in [0.25, 0.3) is 0 Å². The summed E-state index contributed by atoms with van der Waals surface area (Å²) in [5.74, 6) is -1.07. The Kier molecular flexibility index (Phi) is 3.98. The topological polar surface area (TPSA) is 114 Å². The van der Waals surface area contributed by atoms with Crippen molar-refractivity contribution in [2.75, 3.05) is 0 Å². The molecule has 1 unspecified atom stereocenters. The molecule has 0 saturated carbocycles. The van der Waals surface area contributed by atoms with Crippen LogP contribution in [-0.2, 0) is 14.4 Å². The monoisotopic (exact) mass is 226 g/mol. The quantitative estimate of drug-likeness (QED) is 0.549. The minimum atomic E-state index is -0.480. The number of amides is 3. The highest BCUT2D eigenvalue weighted by atomic mass is 16.2. The van der Waals surface area contributed by atoms with Crippen LogP contribution in [0.15, 0.2) is 5.10 Å². The molecule has 88 valence electrons. The second kappa shape index (κ2) is 5.24. The van der Waals surface area contributed by atoms with E-state index in [0.29, 0.717) is 6.42 Å². The summed E-state index contributed by atoms with van der Waals surface area (Å²) in [6, 6.07) is -0.342. The lowest BCUT2D eigenvalue weighted by Gasteiger charge is -2.15. The maximum atomic E-state index is 11.6. The Balaban J connectivity index is 2.46. The van der Waals surface area contributed by atoms with Gasteiger partial charge in [0.05, 0.1) is 0 Å². The summed E-state index contributed by atoms with van der Waals surface area (Å²) in [6.07, 6.45) is 0.628. The molecular formula is C9H14N4O3. The van der Waals surface area contributed by atoms with Crippen LogP contribution in [0.4, 0.5) is 0 Å². The molecule has 0 bridgehead atoms. The number of hydrazone groups is 1. The van der Waals surface area contributed by atoms with Gasteiger partial charge in [-0.15, -0.1) is 0 Å². The molecule has 1 heterocycles. The van der Waals surface area contributed by atoms with Gasteiger partial charge in [-0.25, -0.2) is 5.43 Å². The maximum Gasteiger partial charge on any atom is 0.267 e. The highest BCUT2D eigenvalue weighted by molar-refractivity contribution is 6.39. The normalized spacial score (nSPS) is 17.1. The molecule has 0 aromatic heterocycles. The van der Waals surface area contributed by atoms with Gasteiger partial charge in [-0.05, 0) is 6.92 Å². The van der Waals surface area contributed by atoms with Gasteiger partial charge in [0.25, 0.3) is 5.91 Å². The van der Waals surface area contributed by atoms with E-state index in [4.69, 9.17) is 5.73 Å². The number of nitrogens with zero attached hydrogens (tertiary/aromatic N) is 1. The lowest BCUT2D eigenvalue weighted by Crippen LogP contribution is -2.42. The molecule has 1 rings (SSSR count). The number of carbonyl (C=O) groups excluding carboxylic acids is 3. The Labute approximate surface area is 92.4 Å². The Morgan fingerprint density at radius 1 is 1.56 bits per heavy atom. The molecule has 0 aromatic carbocycles. The highest BCUT2D eigenvalue weighted by Crippen LogP contribution is 2.00. The molecule has 0 spiro atoms. The number of primary amides is 1. The maximum absolute atomic E-state index is 11.6. The average Bonchev–Trinajstić information content (AvgIpc) is 2.16. The first-order chi connectivity index (χ1) is 7.49. The Morgan fingerprint density at radius 3 is 2.75 bits per heavy atom. The highest BCUT2D eigenvalue weighted by Gasteiger charge is 2.19. The van der Waals surface area contributed by atoms with Crippen LogP contribution in [0.3, 0.4) is 0 Å². The van der Waals surface area contributed by atoms with Crippen molar-refractivity contribution in [3.05, 3.63) is 0 Å². The van der Waals surface area contributed by atoms with Gasteiger partial charge in [0.2, 0.25) is 11.8 Å². The lowest BCUT2D eigenvalue weighted by atomic mass is 10.1. The van der Waals surface area contributed by atoms with Crippen molar-refractivity contribution in [2.24, 2.45) is 10.8 Å². The van der Waals surface area contributed by atoms with Crippen LogP contribution in [0.2, 0.25) is 0 Å². The number of carbonyl (C=O) groups is 3. The number of nitrogens with one attached hydrogen (secondary N) is 2. The summed E-state index contributed by atoms with van der Waals surface area (Å²) >= 11 is 0. The van der Waals surface area contributed by atoms with Crippen LogP contribution in [0.1, 0.15) is 26.2 Å². The van der Waals surface area contributed by atoms with Gasteiger partial charge in [-0.1, -0.05) is 0 Å². The zero-order valence-electron chi connectivity index (χ0n) is 8.95. The first kappa shape index (κ1) is 12.2. The zero-order valence-corrected chi connectivity index (χ0v) is 8.95. The third kappa shape index (κ3) is 3.68. The number of rotatable bonds is 4. The van der Waals surface area contributed by atoms with E-state index in [0.717, 1.165) is 0 Å². The van der Waals surface area contributed by atoms with Gasteiger partial charge in [0.15, 0.2) is 0 Å². The SMILES string of the molecule is CC(CC(N)=O)NC(=O)C1=NNC(=O)CC1. The largest absolute Gasteiger partial charge is 0.370 e.